The first-order valence-corrected chi connectivity index (χ1v) is 5.27. The fourth-order valence-corrected chi connectivity index (χ4v) is 1.46. The van der Waals surface area contributed by atoms with Crippen molar-refractivity contribution in [3.63, 3.8) is 0 Å². The summed E-state index contributed by atoms with van der Waals surface area (Å²) < 4.78 is 0. The number of hydrogen-bond donors (Lipinski definition) is 3. The van der Waals surface area contributed by atoms with Gasteiger partial charge in [-0.05, 0) is 37.0 Å². The first-order valence-electron chi connectivity index (χ1n) is 5.27. The van der Waals surface area contributed by atoms with Crippen molar-refractivity contribution in [2.45, 2.75) is 25.4 Å². The van der Waals surface area contributed by atoms with Gasteiger partial charge in [0.1, 0.15) is 0 Å². The Kier molecular flexibility index (Phi) is 4.95. The van der Waals surface area contributed by atoms with Crippen molar-refractivity contribution in [2.24, 2.45) is 0 Å². The molecule has 4 nitrogen and oxygen atoms in total. The lowest BCUT2D eigenvalue weighted by Crippen LogP contribution is -2.00. The predicted octanol–water partition coefficient (Wildman–Crippen LogP) is 1.58. The van der Waals surface area contributed by atoms with Crippen LogP contribution >= 0.6 is 0 Å². The zero-order chi connectivity index (χ0) is 12.0. The van der Waals surface area contributed by atoms with Crippen molar-refractivity contribution in [1.82, 2.24) is 0 Å². The fraction of sp³-hybridized carbons (Fsp3) is 0.417. The van der Waals surface area contributed by atoms with Gasteiger partial charge in [0.15, 0.2) is 0 Å². The number of carbonyl (C=O) groups is 1. The maximum Gasteiger partial charge on any atom is 0.335 e. The number of carboxylic acid groups (broad SMARTS) is 1. The van der Waals surface area contributed by atoms with E-state index in [2.05, 4.69) is 0 Å². The third kappa shape index (κ3) is 3.64. The Labute approximate surface area is 94.2 Å². The normalized spacial score (nSPS) is 12.4. The molecule has 0 heterocycles. The summed E-state index contributed by atoms with van der Waals surface area (Å²) in [5.41, 5.74) is 0.925. The second kappa shape index (κ2) is 6.25. The minimum Gasteiger partial charge on any atom is -0.478 e. The molecule has 0 fully saturated rings. The molecule has 0 saturated heterocycles. The Bertz CT molecular complexity index is 331. The van der Waals surface area contributed by atoms with Crippen molar-refractivity contribution in [3.05, 3.63) is 35.4 Å². The van der Waals surface area contributed by atoms with Crippen molar-refractivity contribution < 1.29 is 20.1 Å². The number of aromatic carboxylic acids is 1. The molecule has 4 heteroatoms. The van der Waals surface area contributed by atoms with E-state index in [4.69, 9.17) is 10.2 Å². The maximum atomic E-state index is 10.6. The number of aliphatic hydroxyl groups excluding tert-OH is 2. The molecule has 3 N–H and O–H groups in total. The van der Waals surface area contributed by atoms with Gasteiger partial charge in [0, 0.05) is 6.61 Å². The summed E-state index contributed by atoms with van der Waals surface area (Å²) in [5.74, 6) is -0.971. The molecular weight excluding hydrogens is 208 g/mol. The van der Waals surface area contributed by atoms with Gasteiger partial charge in [-0.3, -0.25) is 0 Å². The van der Waals surface area contributed by atoms with Crippen LogP contribution in [0.4, 0.5) is 0 Å². The van der Waals surface area contributed by atoms with Gasteiger partial charge < -0.3 is 15.3 Å². The van der Waals surface area contributed by atoms with Crippen molar-refractivity contribution in [1.29, 1.82) is 0 Å². The number of unbranched alkanes of at least 4 members (excludes halogenated alkanes) is 1. The molecule has 0 amide bonds. The van der Waals surface area contributed by atoms with Crippen molar-refractivity contribution in [3.8, 4) is 0 Å². The molecule has 0 radical (unpaired) electrons. The third-order valence-corrected chi connectivity index (χ3v) is 2.43. The van der Waals surface area contributed by atoms with Crippen LogP contribution in [0.5, 0.6) is 0 Å². The second-order valence-corrected chi connectivity index (χ2v) is 3.66. The monoisotopic (exact) mass is 224 g/mol. The van der Waals surface area contributed by atoms with Gasteiger partial charge in [-0.15, -0.1) is 0 Å². The zero-order valence-corrected chi connectivity index (χ0v) is 8.97. The van der Waals surface area contributed by atoms with Crippen LogP contribution in [0, 0.1) is 0 Å². The van der Waals surface area contributed by atoms with E-state index in [1.165, 1.54) is 12.1 Å². The van der Waals surface area contributed by atoms with E-state index in [0.717, 1.165) is 6.42 Å². The summed E-state index contributed by atoms with van der Waals surface area (Å²) in [4.78, 5) is 10.6. The molecule has 0 bridgehead atoms. The molecule has 1 aromatic rings. The van der Waals surface area contributed by atoms with Gasteiger partial charge in [-0.2, -0.15) is 0 Å². The topological polar surface area (TPSA) is 77.8 Å². The summed E-state index contributed by atoms with van der Waals surface area (Å²) in [6.45, 7) is 0.130. The Balaban J connectivity index is 2.56. The lowest BCUT2D eigenvalue weighted by molar-refractivity contribution is 0.0696. The smallest absolute Gasteiger partial charge is 0.335 e. The van der Waals surface area contributed by atoms with Gasteiger partial charge in [0.05, 0.1) is 11.7 Å². The summed E-state index contributed by atoms with van der Waals surface area (Å²) in [7, 11) is 0. The zero-order valence-electron chi connectivity index (χ0n) is 8.97. The highest BCUT2D eigenvalue weighted by atomic mass is 16.4. The Morgan fingerprint density at radius 1 is 1.19 bits per heavy atom. The minimum absolute atomic E-state index is 0.130. The largest absolute Gasteiger partial charge is 0.478 e. The van der Waals surface area contributed by atoms with Gasteiger partial charge in [-0.1, -0.05) is 12.1 Å². The summed E-state index contributed by atoms with van der Waals surface area (Å²) in [6.07, 6.45) is 1.41. The van der Waals surface area contributed by atoms with Gasteiger partial charge in [0.2, 0.25) is 0 Å². The average molecular weight is 224 g/mol. The highest BCUT2D eigenvalue weighted by molar-refractivity contribution is 5.87. The van der Waals surface area contributed by atoms with E-state index >= 15 is 0 Å². The van der Waals surface area contributed by atoms with Crippen LogP contribution in [-0.4, -0.2) is 27.9 Å². The molecule has 0 spiro atoms. The fourth-order valence-electron chi connectivity index (χ4n) is 1.46. The first-order chi connectivity index (χ1) is 7.65. The number of carboxylic acids is 1. The third-order valence-electron chi connectivity index (χ3n) is 2.43. The second-order valence-electron chi connectivity index (χ2n) is 3.66. The Hall–Kier alpha value is -1.39. The maximum absolute atomic E-state index is 10.6. The molecule has 1 atom stereocenters. The van der Waals surface area contributed by atoms with Gasteiger partial charge in [-0.25, -0.2) is 4.79 Å². The number of benzene rings is 1. The first kappa shape index (κ1) is 12.7. The van der Waals surface area contributed by atoms with E-state index in [9.17, 15) is 9.90 Å². The van der Waals surface area contributed by atoms with E-state index < -0.39 is 12.1 Å². The average Bonchev–Trinajstić information content (AvgIpc) is 2.29. The molecule has 1 aromatic carbocycles. The standard InChI is InChI=1S/C12H16O4/c13-8-2-1-3-11(14)9-4-6-10(7-5-9)12(15)16/h4-7,11,13-14H,1-3,8H2,(H,15,16). The van der Waals surface area contributed by atoms with Gasteiger partial charge >= 0.3 is 5.97 Å². The molecular formula is C12H16O4. The predicted molar refractivity (Wildman–Crippen MR) is 59.3 cm³/mol. The molecule has 0 aliphatic carbocycles. The van der Waals surface area contributed by atoms with E-state index in [-0.39, 0.29) is 12.2 Å². The number of rotatable bonds is 6. The lowest BCUT2D eigenvalue weighted by atomic mass is 10.0. The van der Waals surface area contributed by atoms with E-state index in [1.807, 2.05) is 0 Å². The molecule has 0 aliphatic rings. The Morgan fingerprint density at radius 3 is 2.31 bits per heavy atom. The summed E-state index contributed by atoms with van der Waals surface area (Å²) in [5, 5.41) is 27.0. The van der Waals surface area contributed by atoms with Crippen molar-refractivity contribution in [2.75, 3.05) is 6.61 Å². The number of aliphatic hydroxyl groups is 2. The van der Waals surface area contributed by atoms with Crippen LogP contribution in [0.2, 0.25) is 0 Å². The summed E-state index contributed by atoms with van der Waals surface area (Å²) in [6, 6.07) is 6.19. The summed E-state index contributed by atoms with van der Waals surface area (Å²) >= 11 is 0. The van der Waals surface area contributed by atoms with Crippen LogP contribution in [0.1, 0.15) is 41.3 Å². The van der Waals surface area contributed by atoms with E-state index in [0.29, 0.717) is 18.4 Å². The van der Waals surface area contributed by atoms with Crippen LogP contribution in [0.25, 0.3) is 0 Å². The minimum atomic E-state index is -0.971. The quantitative estimate of drug-likeness (QED) is 0.641. The van der Waals surface area contributed by atoms with Gasteiger partial charge in [0.25, 0.3) is 0 Å². The van der Waals surface area contributed by atoms with Crippen LogP contribution < -0.4 is 0 Å². The molecule has 1 unspecified atom stereocenters. The lowest BCUT2D eigenvalue weighted by Gasteiger charge is -2.10. The molecule has 1 rings (SSSR count). The molecule has 16 heavy (non-hydrogen) atoms. The van der Waals surface area contributed by atoms with Crippen molar-refractivity contribution >= 4 is 5.97 Å². The Morgan fingerprint density at radius 2 is 1.81 bits per heavy atom. The molecule has 88 valence electrons. The van der Waals surface area contributed by atoms with Crippen LogP contribution in [0.15, 0.2) is 24.3 Å². The highest BCUT2D eigenvalue weighted by Gasteiger charge is 2.08. The SMILES string of the molecule is O=C(O)c1ccc(C(O)CCCCO)cc1. The molecule has 0 saturated carbocycles. The highest BCUT2D eigenvalue weighted by Crippen LogP contribution is 2.19. The van der Waals surface area contributed by atoms with Crippen LogP contribution in [0.3, 0.4) is 0 Å². The van der Waals surface area contributed by atoms with Crippen LogP contribution in [-0.2, 0) is 0 Å². The molecule has 0 aromatic heterocycles. The molecule has 0 aliphatic heterocycles. The number of hydrogen-bond acceptors (Lipinski definition) is 3. The van der Waals surface area contributed by atoms with E-state index in [1.54, 1.807) is 12.1 Å².